The van der Waals surface area contributed by atoms with Crippen LogP contribution in [-0.4, -0.2) is 29.1 Å². The van der Waals surface area contributed by atoms with Gasteiger partial charge in [-0.15, -0.1) is 0 Å². The fourth-order valence-corrected chi connectivity index (χ4v) is 9.24. The van der Waals surface area contributed by atoms with Gasteiger partial charge >= 0.3 is 0 Å². The second-order valence-electron chi connectivity index (χ2n) is 15.9. The molecular formula is C57H38N6O. The Morgan fingerprint density at radius 2 is 1.20 bits per heavy atom. The number of aromatic nitrogens is 6. The smallest absolute Gasteiger partial charge is 0.155 e. The lowest BCUT2D eigenvalue weighted by Crippen LogP contribution is -1.99. The number of hydrogen-bond acceptors (Lipinski definition) is 5. The first-order valence-corrected chi connectivity index (χ1v) is 21.3. The van der Waals surface area contributed by atoms with Gasteiger partial charge in [-0.2, -0.15) is 0 Å². The molecule has 0 saturated carbocycles. The second-order valence-corrected chi connectivity index (χ2v) is 15.9. The van der Waals surface area contributed by atoms with Crippen LogP contribution in [0.3, 0.4) is 0 Å². The molecule has 0 N–H and O–H groups in total. The zero-order valence-corrected chi connectivity index (χ0v) is 34.9. The van der Waals surface area contributed by atoms with Crippen LogP contribution < -0.4 is 0 Å². The van der Waals surface area contributed by atoms with Crippen LogP contribution in [-0.2, 0) is 0 Å². The molecular weight excluding hydrogens is 785 g/mol. The standard InChI is InChI=1S/C57H38N6O/c1-3-14-50-43(4-2)46-30-38(23-26-52(46)63(50)42-29-40(34-58-35-42)47-25-27-55-57(61-47)56-54(64-55)21-13-28-59-56)39-22-24-45-44-19-11-12-20-51(44)62(53(45)31-39)41-32-48(36-15-7-5-8-16-36)60-49(33-41)37-17-9-6-10-18-37/h3-35H,2H2,1H3/b14-3-. The molecule has 0 fully saturated rings. The summed E-state index contributed by atoms with van der Waals surface area (Å²) in [6.07, 6.45) is 11.7. The van der Waals surface area contributed by atoms with Crippen LogP contribution in [0.15, 0.2) is 199 Å². The quantitative estimate of drug-likeness (QED) is 0.153. The molecule has 0 amide bonds. The Balaban J connectivity index is 1.01. The predicted octanol–water partition coefficient (Wildman–Crippen LogP) is 14.6. The third-order valence-electron chi connectivity index (χ3n) is 12.1. The fraction of sp³-hybridized carbons (Fsp3) is 0.0175. The van der Waals surface area contributed by atoms with Crippen LogP contribution in [0.1, 0.15) is 18.2 Å². The fourth-order valence-electron chi connectivity index (χ4n) is 9.24. The molecule has 0 radical (unpaired) electrons. The number of fused-ring (bicyclic) bond motifs is 7. The van der Waals surface area contributed by atoms with Gasteiger partial charge in [0.25, 0.3) is 0 Å². The van der Waals surface area contributed by atoms with Crippen molar-refractivity contribution >= 4 is 67.1 Å². The molecule has 7 heteroatoms. The highest BCUT2D eigenvalue weighted by atomic mass is 16.3. The summed E-state index contributed by atoms with van der Waals surface area (Å²) in [6.45, 7) is 6.36. The minimum absolute atomic E-state index is 0.701. The number of benzene rings is 5. The molecule has 0 atom stereocenters. The SMILES string of the molecule is C=Cc1c(/C=C\C)n(-c2cncc(-c3ccc4oc5cccnc5c4n3)c2)c2ccc(-c3ccc4c5ccccc5n(-c5cc(-c6ccccc6)nc(-c6ccccc6)c5)c4c3)cc12. The molecule has 0 bridgehead atoms. The van der Waals surface area contributed by atoms with E-state index < -0.39 is 0 Å². The van der Waals surface area contributed by atoms with Gasteiger partial charge in [0.05, 0.1) is 56.9 Å². The average molecular weight is 823 g/mol. The zero-order valence-electron chi connectivity index (χ0n) is 34.9. The third kappa shape index (κ3) is 6.05. The van der Waals surface area contributed by atoms with Crippen molar-refractivity contribution in [2.24, 2.45) is 0 Å². The van der Waals surface area contributed by atoms with Gasteiger partial charge in [0.15, 0.2) is 11.2 Å². The molecule has 0 aliphatic heterocycles. The van der Waals surface area contributed by atoms with E-state index in [-0.39, 0.29) is 0 Å². The van der Waals surface area contributed by atoms with E-state index in [0.29, 0.717) is 11.2 Å². The van der Waals surface area contributed by atoms with Gasteiger partial charge in [-0.05, 0) is 90.9 Å². The van der Waals surface area contributed by atoms with Crippen LogP contribution in [0.2, 0.25) is 0 Å². The lowest BCUT2D eigenvalue weighted by Gasteiger charge is -2.14. The molecule has 0 aliphatic rings. The molecule has 0 spiro atoms. The summed E-state index contributed by atoms with van der Waals surface area (Å²) in [5.74, 6) is 0. The van der Waals surface area contributed by atoms with E-state index in [4.69, 9.17) is 19.4 Å². The minimum Gasteiger partial charge on any atom is -0.453 e. The minimum atomic E-state index is 0.701. The van der Waals surface area contributed by atoms with E-state index in [9.17, 15) is 0 Å². The number of furan rings is 1. The molecule has 12 aromatic rings. The van der Waals surface area contributed by atoms with Crippen LogP contribution in [0.4, 0.5) is 0 Å². The molecule has 302 valence electrons. The maximum absolute atomic E-state index is 6.02. The number of para-hydroxylation sites is 1. The summed E-state index contributed by atoms with van der Waals surface area (Å²) in [5, 5.41) is 3.48. The number of nitrogens with zero attached hydrogens (tertiary/aromatic N) is 6. The van der Waals surface area contributed by atoms with Gasteiger partial charge in [-0.3, -0.25) is 9.97 Å². The van der Waals surface area contributed by atoms with Gasteiger partial charge in [0.1, 0.15) is 11.0 Å². The van der Waals surface area contributed by atoms with Gasteiger partial charge in [0, 0.05) is 50.8 Å². The van der Waals surface area contributed by atoms with Crippen molar-refractivity contribution < 1.29 is 4.42 Å². The molecule has 7 heterocycles. The first kappa shape index (κ1) is 37.1. The van der Waals surface area contributed by atoms with E-state index in [1.54, 1.807) is 6.20 Å². The highest BCUT2D eigenvalue weighted by Crippen LogP contribution is 2.40. The third-order valence-corrected chi connectivity index (χ3v) is 12.1. The van der Waals surface area contributed by atoms with Crippen molar-refractivity contribution in [3.05, 3.63) is 206 Å². The topological polar surface area (TPSA) is 74.6 Å². The number of pyridine rings is 4. The van der Waals surface area contributed by atoms with Crippen LogP contribution in [0, 0.1) is 0 Å². The van der Waals surface area contributed by atoms with Gasteiger partial charge in [-0.25, -0.2) is 9.97 Å². The average Bonchev–Trinajstić information content (AvgIpc) is 4.01. The normalized spacial score (nSPS) is 11.8. The maximum atomic E-state index is 6.02. The summed E-state index contributed by atoms with van der Waals surface area (Å²) in [7, 11) is 0. The number of rotatable bonds is 8. The molecule has 7 nitrogen and oxygen atoms in total. The Morgan fingerprint density at radius 1 is 0.500 bits per heavy atom. The van der Waals surface area contributed by atoms with Crippen LogP contribution >= 0.6 is 0 Å². The summed E-state index contributed by atoms with van der Waals surface area (Å²) in [4.78, 5) is 19.5. The van der Waals surface area contributed by atoms with Crippen molar-refractivity contribution in [2.45, 2.75) is 6.92 Å². The molecule has 12 rings (SSSR count). The lowest BCUT2D eigenvalue weighted by molar-refractivity contribution is 0.667. The predicted molar refractivity (Wildman–Crippen MR) is 263 cm³/mol. The number of allylic oxidation sites excluding steroid dienone is 1. The zero-order chi connectivity index (χ0) is 42.7. The van der Waals surface area contributed by atoms with Crippen LogP contribution in [0.5, 0.6) is 0 Å². The number of hydrogen-bond donors (Lipinski definition) is 0. The van der Waals surface area contributed by atoms with Crippen molar-refractivity contribution in [1.82, 2.24) is 29.1 Å². The summed E-state index contributed by atoms with van der Waals surface area (Å²) in [5.41, 5.74) is 18.1. The van der Waals surface area contributed by atoms with Crippen molar-refractivity contribution in [2.75, 3.05) is 0 Å². The van der Waals surface area contributed by atoms with E-state index in [2.05, 4.69) is 160 Å². The molecule has 0 saturated heterocycles. The maximum Gasteiger partial charge on any atom is 0.155 e. The van der Waals surface area contributed by atoms with Crippen molar-refractivity contribution in [3.8, 4) is 56.3 Å². The monoisotopic (exact) mass is 822 g/mol. The Kier molecular flexibility index (Phi) is 8.72. The first-order valence-electron chi connectivity index (χ1n) is 21.3. The van der Waals surface area contributed by atoms with Crippen molar-refractivity contribution in [3.63, 3.8) is 0 Å². The highest BCUT2D eigenvalue weighted by molar-refractivity contribution is 6.10. The Labute approximate surface area is 368 Å². The molecule has 0 unspecified atom stereocenters. The van der Waals surface area contributed by atoms with E-state index in [1.165, 1.54) is 10.8 Å². The molecule has 64 heavy (non-hydrogen) atoms. The summed E-state index contributed by atoms with van der Waals surface area (Å²) >= 11 is 0. The van der Waals surface area contributed by atoms with E-state index in [1.807, 2.05) is 61.8 Å². The summed E-state index contributed by atoms with van der Waals surface area (Å²) < 4.78 is 10.7. The Morgan fingerprint density at radius 3 is 1.98 bits per heavy atom. The van der Waals surface area contributed by atoms with Gasteiger partial charge in [0.2, 0.25) is 0 Å². The van der Waals surface area contributed by atoms with E-state index >= 15 is 0 Å². The Bertz CT molecular complexity index is 3760. The largest absolute Gasteiger partial charge is 0.453 e. The van der Waals surface area contributed by atoms with E-state index in [0.717, 1.165) is 101 Å². The van der Waals surface area contributed by atoms with Crippen LogP contribution in [0.25, 0.3) is 123 Å². The Hall–Kier alpha value is -8.68. The van der Waals surface area contributed by atoms with Crippen molar-refractivity contribution in [1.29, 1.82) is 0 Å². The lowest BCUT2D eigenvalue weighted by atomic mass is 10.0. The van der Waals surface area contributed by atoms with Gasteiger partial charge in [-0.1, -0.05) is 116 Å². The molecule has 5 aromatic carbocycles. The summed E-state index contributed by atoms with van der Waals surface area (Å²) in [6, 6.07) is 57.4. The second kappa shape index (κ2) is 15.0. The molecule has 7 aromatic heterocycles. The molecule has 0 aliphatic carbocycles. The van der Waals surface area contributed by atoms with Gasteiger partial charge < -0.3 is 13.6 Å². The first-order chi connectivity index (χ1) is 31.6. The highest BCUT2D eigenvalue weighted by Gasteiger charge is 2.20.